The molecule has 0 aliphatic carbocycles. The molecule has 28 heavy (non-hydrogen) atoms. The number of aromatic hydroxyl groups is 1. The number of anilines is 1. The van der Waals surface area contributed by atoms with Crippen molar-refractivity contribution in [2.75, 3.05) is 5.32 Å². The first kappa shape index (κ1) is 19.9. The molecule has 1 amide bonds. The summed E-state index contributed by atoms with van der Waals surface area (Å²) in [6.07, 6.45) is 1.02. The molecule has 1 heterocycles. The second-order valence-electron chi connectivity index (χ2n) is 5.65. The van der Waals surface area contributed by atoms with Crippen LogP contribution in [-0.4, -0.2) is 16.8 Å². The van der Waals surface area contributed by atoms with Crippen LogP contribution < -0.4 is 10.9 Å². The van der Waals surface area contributed by atoms with Gasteiger partial charge in [-0.2, -0.15) is 0 Å². The maximum absolute atomic E-state index is 12.7. The fourth-order valence-electron chi connectivity index (χ4n) is 2.36. The quantitative estimate of drug-likeness (QED) is 0.505. The van der Waals surface area contributed by atoms with Crippen LogP contribution in [0.4, 0.5) is 5.69 Å². The Morgan fingerprint density at radius 3 is 2.39 bits per heavy atom. The summed E-state index contributed by atoms with van der Waals surface area (Å²) in [6.45, 7) is 0. The van der Waals surface area contributed by atoms with Crippen molar-refractivity contribution < 1.29 is 19.1 Å². The van der Waals surface area contributed by atoms with Gasteiger partial charge in [0, 0.05) is 10.0 Å². The van der Waals surface area contributed by atoms with Crippen LogP contribution in [0.1, 0.15) is 26.3 Å². The van der Waals surface area contributed by atoms with Gasteiger partial charge >= 0.3 is 0 Å². The molecule has 0 spiro atoms. The second kappa shape index (κ2) is 8.06. The van der Waals surface area contributed by atoms with Crippen molar-refractivity contribution in [2.45, 2.75) is 0 Å². The molecule has 0 saturated heterocycles. The fraction of sp³-hybridized carbons (Fsp3) is 0. The molecule has 0 aliphatic heterocycles. The summed E-state index contributed by atoms with van der Waals surface area (Å²) in [7, 11) is 0. The van der Waals surface area contributed by atoms with Gasteiger partial charge in [0.2, 0.25) is 5.55 Å². The number of carbonyl (C=O) groups excluding carboxylic acids is 2. The van der Waals surface area contributed by atoms with Gasteiger partial charge in [0.15, 0.2) is 5.78 Å². The predicted octanol–water partition coefficient (Wildman–Crippen LogP) is 4.91. The number of halogens is 3. The van der Waals surface area contributed by atoms with E-state index in [0.717, 1.165) is 6.26 Å². The Hall–Kier alpha value is -2.80. The first-order valence-electron chi connectivity index (χ1n) is 7.73. The highest BCUT2D eigenvalue weighted by molar-refractivity contribution is 6.36. The van der Waals surface area contributed by atoms with E-state index in [0.29, 0.717) is 5.02 Å². The highest BCUT2D eigenvalue weighted by Gasteiger charge is 2.19. The van der Waals surface area contributed by atoms with Gasteiger partial charge in [-0.05, 0) is 42.5 Å². The number of phenolic OH excluding ortho intramolecular Hbond substituents is 1. The van der Waals surface area contributed by atoms with Crippen LogP contribution in [0.2, 0.25) is 15.1 Å². The molecule has 9 heteroatoms. The Morgan fingerprint density at radius 2 is 1.64 bits per heavy atom. The average molecular weight is 438 g/mol. The molecule has 0 radical (unpaired) electrons. The van der Waals surface area contributed by atoms with Gasteiger partial charge in [-0.3, -0.25) is 15.0 Å². The predicted molar refractivity (Wildman–Crippen MR) is 106 cm³/mol. The van der Waals surface area contributed by atoms with E-state index in [1.165, 1.54) is 36.4 Å². The van der Waals surface area contributed by atoms with E-state index in [9.17, 15) is 14.7 Å². The molecule has 0 atom stereocenters. The van der Waals surface area contributed by atoms with Crippen molar-refractivity contribution in [3.8, 4) is 5.75 Å². The number of carbonyl (C=O) groups is 2. The van der Waals surface area contributed by atoms with E-state index >= 15 is 0 Å². The third-order valence-corrected chi connectivity index (χ3v) is 4.53. The van der Waals surface area contributed by atoms with Gasteiger partial charge < -0.3 is 14.8 Å². The minimum atomic E-state index is -0.720. The monoisotopic (exact) mass is 436 g/mol. The molecule has 3 aromatic rings. The van der Waals surface area contributed by atoms with Gasteiger partial charge in [-0.15, -0.1) is 0 Å². The molecule has 3 N–H and O–H groups in total. The summed E-state index contributed by atoms with van der Waals surface area (Å²) in [5.41, 5.74) is -0.533. The normalized spacial score (nSPS) is 10.5. The number of phenols is 1. The van der Waals surface area contributed by atoms with E-state index in [4.69, 9.17) is 44.6 Å². The minimum absolute atomic E-state index is 0.0455. The zero-order chi connectivity index (χ0) is 20.4. The first-order valence-corrected chi connectivity index (χ1v) is 8.86. The second-order valence-corrected chi connectivity index (χ2v) is 6.93. The van der Waals surface area contributed by atoms with E-state index in [1.807, 2.05) is 0 Å². The number of benzene rings is 2. The highest BCUT2D eigenvalue weighted by atomic mass is 35.5. The van der Waals surface area contributed by atoms with Crippen molar-refractivity contribution >= 4 is 52.2 Å². The Bertz CT molecular complexity index is 1160. The molecule has 6 nitrogen and oxygen atoms in total. The molecule has 0 saturated carbocycles. The number of nitrogens with one attached hydrogen (secondary N) is 2. The van der Waals surface area contributed by atoms with E-state index in [2.05, 4.69) is 5.32 Å². The summed E-state index contributed by atoms with van der Waals surface area (Å²) in [5.74, 6) is -1.62. The molecule has 1 aromatic heterocycles. The standard InChI is InChI=1S/C19H11Cl3N2O4/c20-10-2-4-16(25)12(6-10)17(26)9-5-13(18(23)28-8-9)19(27)24-15-7-11(21)1-3-14(15)22/h1-8,23,25H,(H,24,27). The van der Waals surface area contributed by atoms with E-state index in [1.54, 1.807) is 6.07 Å². The van der Waals surface area contributed by atoms with Crippen LogP contribution in [0.25, 0.3) is 0 Å². The summed E-state index contributed by atoms with van der Waals surface area (Å²) < 4.78 is 5.03. The third-order valence-electron chi connectivity index (χ3n) is 3.73. The van der Waals surface area contributed by atoms with Crippen molar-refractivity contribution in [1.82, 2.24) is 0 Å². The third kappa shape index (κ3) is 4.20. The summed E-state index contributed by atoms with van der Waals surface area (Å²) in [4.78, 5) is 25.2. The van der Waals surface area contributed by atoms with Gasteiger partial charge in [0.1, 0.15) is 17.6 Å². The lowest BCUT2D eigenvalue weighted by atomic mass is 10.0. The summed E-state index contributed by atoms with van der Waals surface area (Å²) in [6, 6.07) is 9.69. The van der Waals surface area contributed by atoms with Gasteiger partial charge in [0.25, 0.3) is 5.91 Å². The Balaban J connectivity index is 1.96. The van der Waals surface area contributed by atoms with E-state index < -0.39 is 17.2 Å². The molecular formula is C19H11Cl3N2O4. The average Bonchev–Trinajstić information content (AvgIpc) is 2.66. The molecule has 0 fully saturated rings. The molecule has 3 rings (SSSR count). The van der Waals surface area contributed by atoms with Crippen LogP contribution in [0.5, 0.6) is 5.75 Å². The lowest BCUT2D eigenvalue weighted by molar-refractivity contribution is 0.102. The SMILES string of the molecule is N=c1occ(C(=O)c2cc(Cl)ccc2O)cc1C(=O)Nc1cc(Cl)ccc1Cl. The molecule has 0 unspecified atom stereocenters. The molecule has 0 aliphatic rings. The zero-order valence-electron chi connectivity index (χ0n) is 13.9. The molecule has 0 bridgehead atoms. The number of rotatable bonds is 4. The smallest absolute Gasteiger partial charge is 0.261 e. The number of amides is 1. The summed E-state index contributed by atoms with van der Waals surface area (Å²) in [5, 5.41) is 21.1. The number of hydrogen-bond donors (Lipinski definition) is 3. The highest BCUT2D eigenvalue weighted by Crippen LogP contribution is 2.26. The molecule has 2 aromatic carbocycles. The number of ketones is 1. The topological polar surface area (TPSA) is 103 Å². The zero-order valence-corrected chi connectivity index (χ0v) is 16.2. The van der Waals surface area contributed by atoms with Crippen molar-refractivity contribution in [3.63, 3.8) is 0 Å². The lowest BCUT2D eigenvalue weighted by Crippen LogP contribution is -2.22. The van der Waals surface area contributed by atoms with Crippen LogP contribution in [0.15, 0.2) is 53.1 Å². The maximum atomic E-state index is 12.7. The van der Waals surface area contributed by atoms with Gasteiger partial charge in [-0.25, -0.2) is 0 Å². The van der Waals surface area contributed by atoms with Gasteiger partial charge in [-0.1, -0.05) is 34.8 Å². The van der Waals surface area contributed by atoms with Crippen molar-refractivity contribution in [3.05, 3.63) is 86.0 Å². The molecular weight excluding hydrogens is 427 g/mol. The Kier molecular flexibility index (Phi) is 5.74. The van der Waals surface area contributed by atoms with Crippen LogP contribution in [0.3, 0.4) is 0 Å². The Labute approximate surface area is 173 Å². The fourth-order valence-corrected chi connectivity index (χ4v) is 2.87. The van der Waals surface area contributed by atoms with Gasteiger partial charge in [0.05, 0.1) is 21.8 Å². The maximum Gasteiger partial charge on any atom is 0.261 e. The lowest BCUT2D eigenvalue weighted by Gasteiger charge is -2.09. The Morgan fingerprint density at radius 1 is 0.964 bits per heavy atom. The van der Waals surface area contributed by atoms with Crippen molar-refractivity contribution in [1.29, 1.82) is 5.41 Å². The van der Waals surface area contributed by atoms with Crippen LogP contribution >= 0.6 is 34.8 Å². The summed E-state index contributed by atoms with van der Waals surface area (Å²) >= 11 is 17.8. The number of hydrogen-bond acceptors (Lipinski definition) is 5. The van der Waals surface area contributed by atoms with E-state index in [-0.39, 0.29) is 38.2 Å². The van der Waals surface area contributed by atoms with Crippen molar-refractivity contribution in [2.24, 2.45) is 0 Å². The largest absolute Gasteiger partial charge is 0.507 e. The minimum Gasteiger partial charge on any atom is -0.507 e. The van der Waals surface area contributed by atoms with Crippen LogP contribution in [0, 0.1) is 5.41 Å². The molecule has 142 valence electrons. The first-order chi connectivity index (χ1) is 13.3. The van der Waals surface area contributed by atoms with Crippen LogP contribution in [-0.2, 0) is 0 Å².